The van der Waals surface area contributed by atoms with Crippen molar-refractivity contribution in [3.63, 3.8) is 0 Å². The van der Waals surface area contributed by atoms with E-state index in [9.17, 15) is 14.4 Å². The number of carbonyl (C=O) groups is 3. The van der Waals surface area contributed by atoms with Gasteiger partial charge in [-0.1, -0.05) is 55.8 Å². The Bertz CT molecular complexity index is 754. The maximum absolute atomic E-state index is 11.9. The number of anilines is 1. The van der Waals surface area contributed by atoms with Gasteiger partial charge in [0.2, 0.25) is 0 Å². The van der Waals surface area contributed by atoms with Crippen LogP contribution in [-0.4, -0.2) is 24.3 Å². The zero-order valence-corrected chi connectivity index (χ0v) is 15.6. The smallest absolute Gasteiger partial charge is 0.306 e. The number of hydrogen-bond acceptors (Lipinski definition) is 4. The summed E-state index contributed by atoms with van der Waals surface area (Å²) in [5.41, 5.74) is 2.45. The second-order valence-corrected chi connectivity index (χ2v) is 6.30. The Morgan fingerprint density at radius 1 is 0.926 bits per heavy atom. The van der Waals surface area contributed by atoms with Crippen molar-refractivity contribution < 1.29 is 19.1 Å². The first-order valence-electron chi connectivity index (χ1n) is 9.21. The Morgan fingerprint density at radius 2 is 1.63 bits per heavy atom. The molecule has 27 heavy (non-hydrogen) atoms. The normalized spacial score (nSPS) is 10.3. The largest absolute Gasteiger partial charge is 0.456 e. The highest BCUT2D eigenvalue weighted by molar-refractivity contribution is 5.97. The van der Waals surface area contributed by atoms with Gasteiger partial charge in [0.15, 0.2) is 12.4 Å². The number of ether oxygens (including phenoxy) is 1. The first-order valence-corrected chi connectivity index (χ1v) is 9.21. The van der Waals surface area contributed by atoms with E-state index in [1.807, 2.05) is 30.3 Å². The van der Waals surface area contributed by atoms with Crippen molar-refractivity contribution in [3.05, 3.63) is 65.7 Å². The summed E-state index contributed by atoms with van der Waals surface area (Å²) in [4.78, 5) is 35.5. The van der Waals surface area contributed by atoms with Crippen molar-refractivity contribution in [2.75, 3.05) is 11.9 Å². The van der Waals surface area contributed by atoms with Crippen LogP contribution >= 0.6 is 0 Å². The highest BCUT2D eigenvalue weighted by atomic mass is 16.5. The molecule has 0 atom stereocenters. The molecule has 1 N–H and O–H groups in total. The predicted octanol–water partition coefficient (Wildman–Crippen LogP) is 4.17. The van der Waals surface area contributed by atoms with Gasteiger partial charge < -0.3 is 10.1 Å². The quantitative estimate of drug-likeness (QED) is 0.505. The molecule has 0 bridgehead atoms. The van der Waals surface area contributed by atoms with Crippen LogP contribution < -0.4 is 5.32 Å². The number of benzene rings is 2. The van der Waals surface area contributed by atoms with E-state index in [-0.39, 0.29) is 25.2 Å². The minimum atomic E-state index is -0.565. The van der Waals surface area contributed by atoms with Gasteiger partial charge in [-0.3, -0.25) is 14.4 Å². The average molecular weight is 367 g/mol. The van der Waals surface area contributed by atoms with E-state index in [1.165, 1.54) is 5.56 Å². The highest BCUT2D eigenvalue weighted by Gasteiger charge is 2.12. The van der Waals surface area contributed by atoms with Gasteiger partial charge in [-0.2, -0.15) is 0 Å². The molecule has 2 aromatic rings. The van der Waals surface area contributed by atoms with Crippen LogP contribution in [0.4, 0.5) is 5.69 Å². The molecular formula is C22H25NO4. The van der Waals surface area contributed by atoms with Crippen LogP contribution in [0, 0.1) is 0 Å². The first-order chi connectivity index (χ1) is 13.1. The van der Waals surface area contributed by atoms with E-state index >= 15 is 0 Å². The van der Waals surface area contributed by atoms with Gasteiger partial charge in [-0.25, -0.2) is 0 Å². The molecule has 0 aliphatic carbocycles. The van der Waals surface area contributed by atoms with E-state index in [1.54, 1.807) is 24.3 Å². The summed E-state index contributed by atoms with van der Waals surface area (Å²) in [5, 5.41) is 2.69. The van der Waals surface area contributed by atoms with Gasteiger partial charge in [-0.15, -0.1) is 0 Å². The number of amides is 1. The lowest BCUT2D eigenvalue weighted by atomic mass is 10.1. The van der Waals surface area contributed by atoms with E-state index < -0.39 is 11.9 Å². The van der Waals surface area contributed by atoms with Gasteiger partial charge in [-0.05, 0) is 30.5 Å². The number of Topliss-reactive ketones (excluding diaryl/α,β-unsaturated/α-hetero) is 1. The standard InChI is InChI=1S/C22H25NO4/c1-2-3-7-17-10-12-19(13-11-17)23-21(25)16-27-22(26)15-14-20(24)18-8-5-4-6-9-18/h4-6,8-13H,2-3,7,14-16H2,1H3,(H,23,25). The second-order valence-electron chi connectivity index (χ2n) is 6.30. The molecule has 1 amide bonds. The number of rotatable bonds is 10. The third-order valence-electron chi connectivity index (χ3n) is 4.07. The Hall–Kier alpha value is -2.95. The molecule has 0 unspecified atom stereocenters. The SMILES string of the molecule is CCCCc1ccc(NC(=O)COC(=O)CCC(=O)c2ccccc2)cc1. The van der Waals surface area contributed by atoms with Crippen LogP contribution in [0.3, 0.4) is 0 Å². The lowest BCUT2D eigenvalue weighted by molar-refractivity contribution is -0.147. The minimum Gasteiger partial charge on any atom is -0.456 e. The molecule has 0 fully saturated rings. The molecule has 0 saturated carbocycles. The molecule has 0 aliphatic rings. The fourth-order valence-electron chi connectivity index (χ4n) is 2.53. The summed E-state index contributed by atoms with van der Waals surface area (Å²) in [7, 11) is 0. The number of ketones is 1. The van der Waals surface area contributed by atoms with Gasteiger partial charge in [0.05, 0.1) is 6.42 Å². The maximum Gasteiger partial charge on any atom is 0.306 e. The minimum absolute atomic E-state index is 0.0485. The zero-order valence-electron chi connectivity index (χ0n) is 15.6. The molecule has 0 spiro atoms. The molecule has 5 heteroatoms. The van der Waals surface area contributed by atoms with E-state index in [2.05, 4.69) is 12.2 Å². The van der Waals surface area contributed by atoms with Crippen LogP contribution in [0.15, 0.2) is 54.6 Å². The Labute approximate surface area is 159 Å². The van der Waals surface area contributed by atoms with Crippen molar-refractivity contribution in [1.29, 1.82) is 0 Å². The van der Waals surface area contributed by atoms with E-state index in [0.717, 1.165) is 19.3 Å². The number of carbonyl (C=O) groups excluding carboxylic acids is 3. The van der Waals surface area contributed by atoms with Crippen LogP contribution in [0.1, 0.15) is 48.5 Å². The molecule has 0 saturated heterocycles. The highest BCUT2D eigenvalue weighted by Crippen LogP contribution is 2.12. The fraction of sp³-hybridized carbons (Fsp3) is 0.318. The molecule has 0 aliphatic heterocycles. The van der Waals surface area contributed by atoms with Gasteiger partial charge in [0, 0.05) is 17.7 Å². The van der Waals surface area contributed by atoms with Gasteiger partial charge >= 0.3 is 5.97 Å². The molecule has 0 radical (unpaired) electrons. The summed E-state index contributed by atoms with van der Waals surface area (Å²) in [5.74, 6) is -1.09. The third kappa shape index (κ3) is 7.44. The molecule has 0 aromatic heterocycles. The number of nitrogens with one attached hydrogen (secondary N) is 1. The molecule has 2 rings (SSSR count). The summed E-state index contributed by atoms with van der Waals surface area (Å²) in [6.07, 6.45) is 3.30. The number of unbranched alkanes of at least 4 members (excludes halogenated alkanes) is 1. The predicted molar refractivity (Wildman–Crippen MR) is 105 cm³/mol. The summed E-state index contributed by atoms with van der Waals surface area (Å²) in [6, 6.07) is 16.4. The van der Waals surface area contributed by atoms with Gasteiger partial charge in [0.1, 0.15) is 0 Å². The summed E-state index contributed by atoms with van der Waals surface area (Å²) >= 11 is 0. The Morgan fingerprint density at radius 3 is 2.30 bits per heavy atom. The van der Waals surface area contributed by atoms with Crippen molar-refractivity contribution >= 4 is 23.3 Å². The average Bonchev–Trinajstić information content (AvgIpc) is 2.70. The maximum atomic E-state index is 11.9. The molecule has 5 nitrogen and oxygen atoms in total. The van der Waals surface area contributed by atoms with E-state index in [4.69, 9.17) is 4.74 Å². The van der Waals surface area contributed by atoms with Crippen molar-refractivity contribution in [2.45, 2.75) is 39.0 Å². The molecular weight excluding hydrogens is 342 g/mol. The topological polar surface area (TPSA) is 72.5 Å². The monoisotopic (exact) mass is 367 g/mol. The first kappa shape index (κ1) is 20.4. The molecule has 0 heterocycles. The second kappa shape index (κ2) is 10.9. The number of aryl methyl sites for hydroxylation is 1. The van der Waals surface area contributed by atoms with Crippen LogP contribution in [0.5, 0.6) is 0 Å². The lowest BCUT2D eigenvalue weighted by Crippen LogP contribution is -2.21. The van der Waals surface area contributed by atoms with Crippen LogP contribution in [-0.2, 0) is 20.7 Å². The fourth-order valence-corrected chi connectivity index (χ4v) is 2.53. The summed E-state index contributed by atoms with van der Waals surface area (Å²) in [6.45, 7) is 1.78. The molecule has 2 aromatic carbocycles. The van der Waals surface area contributed by atoms with Crippen molar-refractivity contribution in [1.82, 2.24) is 0 Å². The molecule has 142 valence electrons. The van der Waals surface area contributed by atoms with Crippen molar-refractivity contribution in [2.24, 2.45) is 0 Å². The zero-order chi connectivity index (χ0) is 19.5. The van der Waals surface area contributed by atoms with Crippen LogP contribution in [0.2, 0.25) is 0 Å². The van der Waals surface area contributed by atoms with Crippen LogP contribution in [0.25, 0.3) is 0 Å². The third-order valence-corrected chi connectivity index (χ3v) is 4.07. The summed E-state index contributed by atoms with van der Waals surface area (Å²) < 4.78 is 4.94. The van der Waals surface area contributed by atoms with E-state index in [0.29, 0.717) is 11.3 Å². The Balaban J connectivity index is 1.68. The Kier molecular flexibility index (Phi) is 8.23. The van der Waals surface area contributed by atoms with Crippen molar-refractivity contribution in [3.8, 4) is 0 Å². The van der Waals surface area contributed by atoms with Gasteiger partial charge in [0.25, 0.3) is 5.91 Å². The number of hydrogen-bond donors (Lipinski definition) is 1. The number of esters is 1. The lowest BCUT2D eigenvalue weighted by Gasteiger charge is -2.07.